The fourth-order valence-electron chi connectivity index (χ4n) is 5.18. The molecule has 0 aromatic rings. The lowest BCUT2D eigenvalue weighted by atomic mass is 9.59. The smallest absolute Gasteiger partial charge is 0.324 e. The van der Waals surface area contributed by atoms with Crippen molar-refractivity contribution in [3.8, 4) is 0 Å². The molecule has 2 N–H and O–H groups in total. The summed E-state index contributed by atoms with van der Waals surface area (Å²) in [7, 11) is 4.11. The lowest BCUT2D eigenvalue weighted by Crippen LogP contribution is -2.68. The van der Waals surface area contributed by atoms with Gasteiger partial charge in [-0.15, -0.1) is 0 Å². The van der Waals surface area contributed by atoms with Crippen molar-refractivity contribution in [3.63, 3.8) is 0 Å². The summed E-state index contributed by atoms with van der Waals surface area (Å²) in [5.74, 6) is 0.376. The SMILES string of the molecule is CCOC(=O)[C@H](N)[C@]1(N(C)C)C[C@H]2CC[C@@]1(C)C2(C)C. The highest BCUT2D eigenvalue weighted by Crippen LogP contribution is 2.71. The predicted octanol–water partition coefficient (Wildman–Crippen LogP) is 2.02. The largest absolute Gasteiger partial charge is 0.465 e. The first-order chi connectivity index (χ1) is 9.15. The maximum absolute atomic E-state index is 12.3. The van der Waals surface area contributed by atoms with Crippen LogP contribution in [-0.4, -0.2) is 43.2 Å². The number of hydrogen-bond acceptors (Lipinski definition) is 4. The van der Waals surface area contributed by atoms with Gasteiger partial charge in [-0.1, -0.05) is 20.8 Å². The van der Waals surface area contributed by atoms with E-state index in [1.54, 1.807) is 0 Å². The number of hydrogen-bond donors (Lipinski definition) is 1. The molecule has 20 heavy (non-hydrogen) atoms. The molecular weight excluding hydrogens is 252 g/mol. The van der Waals surface area contributed by atoms with Crippen molar-refractivity contribution in [1.82, 2.24) is 4.90 Å². The van der Waals surface area contributed by atoms with Crippen molar-refractivity contribution in [3.05, 3.63) is 0 Å². The third-order valence-electron chi connectivity index (χ3n) is 6.80. The van der Waals surface area contributed by atoms with E-state index in [9.17, 15) is 4.79 Å². The van der Waals surface area contributed by atoms with E-state index in [-0.39, 0.29) is 22.3 Å². The van der Waals surface area contributed by atoms with Gasteiger partial charge < -0.3 is 15.4 Å². The van der Waals surface area contributed by atoms with Gasteiger partial charge in [0.25, 0.3) is 0 Å². The zero-order valence-corrected chi connectivity index (χ0v) is 13.8. The quantitative estimate of drug-likeness (QED) is 0.802. The Bertz CT molecular complexity index is 407. The Hall–Kier alpha value is -0.610. The Morgan fingerprint density at radius 3 is 2.35 bits per heavy atom. The van der Waals surface area contributed by atoms with E-state index in [4.69, 9.17) is 10.5 Å². The summed E-state index contributed by atoms with van der Waals surface area (Å²) in [5.41, 5.74) is 6.37. The lowest BCUT2D eigenvalue weighted by Gasteiger charge is -2.54. The van der Waals surface area contributed by atoms with Crippen molar-refractivity contribution in [2.24, 2.45) is 22.5 Å². The second-order valence-corrected chi connectivity index (χ2v) is 7.54. The molecule has 4 atom stereocenters. The van der Waals surface area contributed by atoms with Crippen LogP contribution in [-0.2, 0) is 9.53 Å². The zero-order chi connectivity index (χ0) is 15.3. The van der Waals surface area contributed by atoms with Crippen LogP contribution in [0.2, 0.25) is 0 Å². The molecular formula is C16H30N2O2. The first-order valence-corrected chi connectivity index (χ1v) is 7.75. The Kier molecular flexibility index (Phi) is 3.71. The van der Waals surface area contributed by atoms with Crippen molar-refractivity contribution in [2.75, 3.05) is 20.7 Å². The number of carbonyl (C=O) groups excluding carboxylic acids is 1. The molecule has 0 amide bonds. The minimum absolute atomic E-state index is 0.0420. The third kappa shape index (κ3) is 1.64. The van der Waals surface area contributed by atoms with Gasteiger partial charge in [0.05, 0.1) is 12.1 Å². The molecule has 0 aromatic carbocycles. The van der Waals surface area contributed by atoms with Crippen LogP contribution >= 0.6 is 0 Å². The van der Waals surface area contributed by atoms with Crippen LogP contribution < -0.4 is 5.73 Å². The molecule has 0 unspecified atom stereocenters. The number of fused-ring (bicyclic) bond motifs is 2. The highest BCUT2D eigenvalue weighted by molar-refractivity contribution is 5.78. The van der Waals surface area contributed by atoms with Gasteiger partial charge in [-0.25, -0.2) is 0 Å². The normalized spacial score (nSPS) is 40.1. The van der Waals surface area contributed by atoms with Crippen LogP contribution in [0.5, 0.6) is 0 Å². The molecule has 4 nitrogen and oxygen atoms in total. The van der Waals surface area contributed by atoms with Crippen LogP contribution in [0.1, 0.15) is 47.0 Å². The van der Waals surface area contributed by atoms with E-state index >= 15 is 0 Å². The maximum Gasteiger partial charge on any atom is 0.324 e. The van der Waals surface area contributed by atoms with Crippen LogP contribution in [0.4, 0.5) is 0 Å². The molecule has 0 heterocycles. The number of ether oxygens (including phenoxy) is 1. The van der Waals surface area contributed by atoms with E-state index in [1.165, 1.54) is 6.42 Å². The average Bonchev–Trinajstić information content (AvgIpc) is 2.69. The first kappa shape index (κ1) is 15.8. The van der Waals surface area contributed by atoms with Crippen molar-refractivity contribution in [1.29, 1.82) is 0 Å². The Balaban J connectivity index is 2.46. The van der Waals surface area contributed by atoms with Gasteiger partial charge in [0.2, 0.25) is 0 Å². The topological polar surface area (TPSA) is 55.6 Å². The van der Waals surface area contributed by atoms with Gasteiger partial charge in [-0.2, -0.15) is 0 Å². The maximum atomic E-state index is 12.3. The Labute approximate surface area is 123 Å². The number of esters is 1. The molecule has 4 heteroatoms. The molecule has 2 rings (SSSR count). The summed E-state index contributed by atoms with van der Waals surface area (Å²) in [5, 5.41) is 0. The van der Waals surface area contributed by atoms with Gasteiger partial charge in [0.15, 0.2) is 0 Å². The Morgan fingerprint density at radius 1 is 1.40 bits per heavy atom. The van der Waals surface area contributed by atoms with E-state index in [0.29, 0.717) is 12.5 Å². The van der Waals surface area contributed by atoms with Gasteiger partial charge >= 0.3 is 5.97 Å². The van der Waals surface area contributed by atoms with E-state index in [2.05, 4.69) is 39.8 Å². The summed E-state index contributed by atoms with van der Waals surface area (Å²) < 4.78 is 5.22. The molecule has 0 saturated heterocycles. The van der Waals surface area contributed by atoms with Crippen molar-refractivity contribution in [2.45, 2.75) is 58.5 Å². The standard InChI is InChI=1S/C16H30N2O2/c1-7-20-13(19)12(17)16(18(5)6)10-11-8-9-15(16,4)14(11,2)3/h11-12H,7-10,17H2,1-6H3/t11-,12+,15+,16-/m1/s1. The number of carbonyl (C=O) groups is 1. The molecule has 0 spiro atoms. The van der Waals surface area contributed by atoms with Crippen LogP contribution in [0.3, 0.4) is 0 Å². The Morgan fingerprint density at radius 2 is 2.00 bits per heavy atom. The minimum Gasteiger partial charge on any atom is -0.465 e. The van der Waals surface area contributed by atoms with E-state index in [0.717, 1.165) is 12.8 Å². The van der Waals surface area contributed by atoms with E-state index < -0.39 is 6.04 Å². The number of rotatable bonds is 4. The second kappa shape index (κ2) is 4.70. The highest BCUT2D eigenvalue weighted by atomic mass is 16.5. The minimum atomic E-state index is -0.577. The summed E-state index contributed by atoms with van der Waals surface area (Å²) in [6, 6.07) is -0.577. The molecule has 0 aromatic heterocycles. The van der Waals surface area contributed by atoms with Crippen molar-refractivity contribution >= 4 is 5.97 Å². The molecule has 0 aliphatic heterocycles. The molecule has 2 aliphatic carbocycles. The number of nitrogens with two attached hydrogens (primary N) is 1. The summed E-state index contributed by atoms with van der Waals surface area (Å²) in [6.45, 7) is 9.22. The first-order valence-electron chi connectivity index (χ1n) is 7.75. The average molecular weight is 282 g/mol. The van der Waals surface area contributed by atoms with Crippen LogP contribution in [0.25, 0.3) is 0 Å². The van der Waals surface area contributed by atoms with Gasteiger partial charge in [-0.05, 0) is 57.0 Å². The summed E-state index contributed by atoms with van der Waals surface area (Å²) in [6.07, 6.45) is 3.37. The van der Waals surface area contributed by atoms with E-state index in [1.807, 2.05) is 6.92 Å². The second-order valence-electron chi connectivity index (χ2n) is 7.54. The molecule has 2 fully saturated rings. The number of nitrogens with zero attached hydrogens (tertiary/aromatic N) is 1. The molecule has 0 radical (unpaired) electrons. The fraction of sp³-hybridized carbons (Fsp3) is 0.938. The lowest BCUT2D eigenvalue weighted by molar-refractivity contribution is -0.153. The summed E-state index contributed by atoms with van der Waals surface area (Å²) >= 11 is 0. The monoisotopic (exact) mass is 282 g/mol. The molecule has 2 aliphatic rings. The number of likely N-dealkylation sites (N-methyl/N-ethyl adjacent to an activating group) is 1. The molecule has 2 bridgehead atoms. The fourth-order valence-corrected chi connectivity index (χ4v) is 5.18. The van der Waals surface area contributed by atoms with Crippen molar-refractivity contribution < 1.29 is 9.53 Å². The zero-order valence-electron chi connectivity index (χ0n) is 13.8. The third-order valence-corrected chi connectivity index (χ3v) is 6.80. The highest BCUT2D eigenvalue weighted by Gasteiger charge is 2.72. The van der Waals surface area contributed by atoms with Gasteiger partial charge in [0, 0.05) is 0 Å². The van der Waals surface area contributed by atoms with Gasteiger partial charge in [0.1, 0.15) is 6.04 Å². The van der Waals surface area contributed by atoms with Crippen LogP contribution in [0, 0.1) is 16.7 Å². The predicted molar refractivity (Wildman–Crippen MR) is 80.3 cm³/mol. The van der Waals surface area contributed by atoms with Crippen LogP contribution in [0.15, 0.2) is 0 Å². The molecule has 116 valence electrons. The van der Waals surface area contributed by atoms with Gasteiger partial charge in [-0.3, -0.25) is 4.79 Å². The molecule has 2 saturated carbocycles. The summed E-state index contributed by atoms with van der Waals surface area (Å²) in [4.78, 5) is 14.5.